The highest BCUT2D eigenvalue weighted by molar-refractivity contribution is 6.34. The van der Waals surface area contributed by atoms with Crippen LogP contribution in [-0.4, -0.2) is 15.5 Å². The fourth-order valence-electron chi connectivity index (χ4n) is 2.48. The summed E-state index contributed by atoms with van der Waals surface area (Å²) in [4.78, 5) is 17.4. The van der Waals surface area contributed by atoms with Crippen molar-refractivity contribution in [3.63, 3.8) is 0 Å². The van der Waals surface area contributed by atoms with E-state index in [9.17, 15) is 9.18 Å². The summed E-state index contributed by atoms with van der Waals surface area (Å²) in [7, 11) is 0. The van der Waals surface area contributed by atoms with Gasteiger partial charge in [0.05, 0.1) is 21.6 Å². The lowest BCUT2D eigenvalue weighted by atomic mass is 10.2. The maximum atomic E-state index is 13.2. The summed E-state index contributed by atoms with van der Waals surface area (Å²) in [6.45, 7) is 2.03. The lowest BCUT2D eigenvalue weighted by molar-refractivity contribution is 0.0961. The molecule has 2 aromatic carbocycles. The van der Waals surface area contributed by atoms with Crippen molar-refractivity contribution < 1.29 is 9.18 Å². The summed E-state index contributed by atoms with van der Waals surface area (Å²) in [6, 6.07) is 11.2. The minimum Gasteiger partial charge on any atom is -0.268 e. The van der Waals surface area contributed by atoms with E-state index in [0.717, 1.165) is 23.5 Å². The quantitative estimate of drug-likeness (QED) is 0.714. The highest BCUT2D eigenvalue weighted by Gasteiger charge is 2.19. The molecule has 112 valence electrons. The van der Waals surface area contributed by atoms with Crippen LogP contribution in [0.25, 0.3) is 11.0 Å². The smallest absolute Gasteiger partial charge is 0.265 e. The SMILES string of the molecule is CCCc1nc2ccccc2n1C(=O)c1ccc(F)cc1Cl. The van der Waals surface area contributed by atoms with Crippen LogP contribution < -0.4 is 0 Å². The van der Waals surface area contributed by atoms with E-state index >= 15 is 0 Å². The van der Waals surface area contributed by atoms with Crippen molar-refractivity contribution in [2.75, 3.05) is 0 Å². The molecule has 1 aromatic heterocycles. The van der Waals surface area contributed by atoms with Crippen LogP contribution >= 0.6 is 11.6 Å². The van der Waals surface area contributed by atoms with Crippen molar-refractivity contribution in [2.45, 2.75) is 19.8 Å². The van der Waals surface area contributed by atoms with Crippen LogP contribution in [0.3, 0.4) is 0 Å². The Bertz CT molecular complexity index is 857. The topological polar surface area (TPSA) is 34.9 Å². The molecule has 1 heterocycles. The van der Waals surface area contributed by atoms with E-state index in [2.05, 4.69) is 4.98 Å². The molecule has 0 aliphatic heterocycles. The van der Waals surface area contributed by atoms with E-state index in [4.69, 9.17) is 11.6 Å². The van der Waals surface area contributed by atoms with Gasteiger partial charge in [0, 0.05) is 6.42 Å². The maximum absolute atomic E-state index is 13.2. The molecular formula is C17H14ClFN2O. The van der Waals surface area contributed by atoms with E-state index in [1.54, 1.807) is 4.57 Å². The number of halogens is 2. The first-order valence-electron chi connectivity index (χ1n) is 7.08. The molecule has 0 aliphatic carbocycles. The van der Waals surface area contributed by atoms with Gasteiger partial charge in [0.25, 0.3) is 5.91 Å². The third-order valence-corrected chi connectivity index (χ3v) is 3.78. The van der Waals surface area contributed by atoms with Crippen LogP contribution in [0.15, 0.2) is 42.5 Å². The van der Waals surface area contributed by atoms with Crippen LogP contribution in [0.5, 0.6) is 0 Å². The summed E-state index contributed by atoms with van der Waals surface area (Å²) in [5.41, 5.74) is 1.76. The molecular weight excluding hydrogens is 303 g/mol. The highest BCUT2D eigenvalue weighted by Crippen LogP contribution is 2.23. The Balaban J connectivity index is 2.19. The lowest BCUT2D eigenvalue weighted by Gasteiger charge is -2.09. The number of fused-ring (bicyclic) bond motifs is 1. The molecule has 0 N–H and O–H groups in total. The second-order valence-corrected chi connectivity index (χ2v) is 5.44. The summed E-state index contributed by atoms with van der Waals surface area (Å²) in [5.74, 6) is -0.0675. The second kappa shape index (κ2) is 5.89. The summed E-state index contributed by atoms with van der Waals surface area (Å²) < 4.78 is 14.8. The van der Waals surface area contributed by atoms with Gasteiger partial charge in [0.2, 0.25) is 0 Å². The number of rotatable bonds is 3. The number of carbonyl (C=O) groups is 1. The number of aromatic nitrogens is 2. The maximum Gasteiger partial charge on any atom is 0.265 e. The van der Waals surface area contributed by atoms with Gasteiger partial charge in [-0.1, -0.05) is 30.7 Å². The number of nitrogens with zero attached hydrogens (tertiary/aromatic N) is 2. The average molecular weight is 317 g/mol. The number of imidazole rings is 1. The van der Waals surface area contributed by atoms with E-state index in [1.807, 2.05) is 31.2 Å². The molecule has 0 atom stereocenters. The molecule has 0 saturated heterocycles. The van der Waals surface area contributed by atoms with Crippen LogP contribution in [0.2, 0.25) is 5.02 Å². The van der Waals surface area contributed by atoms with Crippen molar-refractivity contribution in [2.24, 2.45) is 0 Å². The van der Waals surface area contributed by atoms with Gasteiger partial charge in [0.1, 0.15) is 11.6 Å². The van der Waals surface area contributed by atoms with Gasteiger partial charge in [-0.2, -0.15) is 0 Å². The molecule has 0 fully saturated rings. The Morgan fingerprint density at radius 2 is 2.05 bits per heavy atom. The molecule has 0 unspecified atom stereocenters. The zero-order chi connectivity index (χ0) is 15.7. The Hall–Kier alpha value is -2.20. The molecule has 3 rings (SSSR count). The molecule has 0 radical (unpaired) electrons. The van der Waals surface area contributed by atoms with Crippen LogP contribution in [0.1, 0.15) is 29.5 Å². The first-order chi connectivity index (χ1) is 10.6. The van der Waals surface area contributed by atoms with Crippen molar-refractivity contribution in [1.82, 2.24) is 9.55 Å². The minimum absolute atomic E-state index is 0.102. The van der Waals surface area contributed by atoms with Gasteiger partial charge in [-0.25, -0.2) is 9.37 Å². The molecule has 0 bridgehead atoms. The Kier molecular flexibility index (Phi) is 3.94. The number of benzene rings is 2. The Morgan fingerprint density at radius 3 is 2.77 bits per heavy atom. The summed E-state index contributed by atoms with van der Waals surface area (Å²) in [6.07, 6.45) is 1.55. The van der Waals surface area contributed by atoms with Crippen LogP contribution in [-0.2, 0) is 6.42 Å². The molecule has 0 spiro atoms. The predicted octanol–water partition coefficient (Wildman–Crippen LogP) is 4.47. The first kappa shape index (κ1) is 14.7. The number of hydrogen-bond donors (Lipinski definition) is 0. The second-order valence-electron chi connectivity index (χ2n) is 5.03. The van der Waals surface area contributed by atoms with Crippen molar-refractivity contribution in [1.29, 1.82) is 0 Å². The fraction of sp³-hybridized carbons (Fsp3) is 0.176. The molecule has 22 heavy (non-hydrogen) atoms. The predicted molar refractivity (Wildman–Crippen MR) is 84.9 cm³/mol. The zero-order valence-corrected chi connectivity index (χ0v) is 12.8. The van der Waals surface area contributed by atoms with Crippen molar-refractivity contribution >= 4 is 28.5 Å². The number of para-hydroxylation sites is 2. The monoisotopic (exact) mass is 316 g/mol. The van der Waals surface area contributed by atoms with E-state index < -0.39 is 5.82 Å². The lowest BCUT2D eigenvalue weighted by Crippen LogP contribution is -2.16. The zero-order valence-electron chi connectivity index (χ0n) is 12.0. The fourth-order valence-corrected chi connectivity index (χ4v) is 2.73. The molecule has 0 saturated carbocycles. The third kappa shape index (κ3) is 2.50. The Morgan fingerprint density at radius 1 is 1.27 bits per heavy atom. The van der Waals surface area contributed by atoms with Gasteiger partial charge < -0.3 is 0 Å². The van der Waals surface area contributed by atoms with Gasteiger partial charge in [-0.15, -0.1) is 0 Å². The van der Waals surface area contributed by atoms with Crippen LogP contribution in [0, 0.1) is 5.82 Å². The van der Waals surface area contributed by atoms with Gasteiger partial charge >= 0.3 is 0 Å². The molecule has 0 amide bonds. The largest absolute Gasteiger partial charge is 0.268 e. The minimum atomic E-state index is -0.467. The number of carbonyl (C=O) groups excluding carboxylic acids is 1. The van der Waals surface area contributed by atoms with E-state index in [-0.39, 0.29) is 16.5 Å². The first-order valence-corrected chi connectivity index (χ1v) is 7.45. The average Bonchev–Trinajstić information content (AvgIpc) is 2.85. The van der Waals surface area contributed by atoms with Crippen molar-refractivity contribution in [3.05, 3.63) is 64.7 Å². The molecule has 3 aromatic rings. The molecule has 0 aliphatic rings. The van der Waals surface area contributed by atoms with E-state index in [1.165, 1.54) is 12.1 Å². The van der Waals surface area contributed by atoms with Gasteiger partial charge in [-0.05, 0) is 36.8 Å². The van der Waals surface area contributed by atoms with Crippen molar-refractivity contribution in [3.8, 4) is 0 Å². The number of hydrogen-bond acceptors (Lipinski definition) is 2. The Labute approximate surface area is 132 Å². The number of aryl methyl sites for hydroxylation is 1. The summed E-state index contributed by atoms with van der Waals surface area (Å²) >= 11 is 6.03. The van der Waals surface area contributed by atoms with Crippen LogP contribution in [0.4, 0.5) is 4.39 Å². The van der Waals surface area contributed by atoms with Gasteiger partial charge in [-0.3, -0.25) is 9.36 Å². The van der Waals surface area contributed by atoms with Gasteiger partial charge in [0.15, 0.2) is 0 Å². The highest BCUT2D eigenvalue weighted by atomic mass is 35.5. The molecule has 5 heteroatoms. The standard InChI is InChI=1S/C17H14ClFN2O/c1-2-5-16-20-14-6-3-4-7-15(14)21(16)17(22)12-9-8-11(19)10-13(12)18/h3-4,6-10H,2,5H2,1H3. The molecule has 3 nitrogen and oxygen atoms in total. The summed E-state index contributed by atoms with van der Waals surface area (Å²) in [5, 5.41) is 0.102. The van der Waals surface area contributed by atoms with E-state index in [0.29, 0.717) is 12.2 Å². The third-order valence-electron chi connectivity index (χ3n) is 3.47. The normalized spacial score (nSPS) is 11.0.